The van der Waals surface area contributed by atoms with Gasteiger partial charge in [-0.3, -0.25) is 0 Å². The molecule has 28 heavy (non-hydrogen) atoms. The normalized spacial score (nSPS) is 27.5. The van der Waals surface area contributed by atoms with Gasteiger partial charge in [-0.1, -0.05) is 46.8 Å². The molecule has 1 aromatic carbocycles. The van der Waals surface area contributed by atoms with Crippen molar-refractivity contribution in [3.05, 3.63) is 29.8 Å². The Morgan fingerprint density at radius 2 is 1.61 bits per heavy atom. The van der Waals surface area contributed by atoms with Crippen LogP contribution in [0.5, 0.6) is 5.75 Å². The van der Waals surface area contributed by atoms with Crippen molar-refractivity contribution in [1.82, 2.24) is 0 Å². The summed E-state index contributed by atoms with van der Waals surface area (Å²) in [6.45, 7) is 18.5. The summed E-state index contributed by atoms with van der Waals surface area (Å²) in [5, 5.41) is 10.5. The van der Waals surface area contributed by atoms with Crippen molar-refractivity contribution in [2.75, 3.05) is 33.3 Å². The average molecular weight is 393 g/mol. The number of rotatable bonds is 7. The summed E-state index contributed by atoms with van der Waals surface area (Å²) in [6, 6.07) is 8.38. The third kappa shape index (κ3) is 7.06. The van der Waals surface area contributed by atoms with Crippen LogP contribution in [0.25, 0.3) is 0 Å². The van der Waals surface area contributed by atoms with Crippen LogP contribution in [0, 0.1) is 5.41 Å². The van der Waals surface area contributed by atoms with Crippen molar-refractivity contribution in [3.8, 4) is 5.75 Å². The van der Waals surface area contributed by atoms with E-state index in [1.54, 1.807) is 0 Å². The minimum Gasteiger partial charge on any atom is -0.491 e. The van der Waals surface area contributed by atoms with Crippen LogP contribution in [0.4, 0.5) is 0 Å². The molecule has 1 heterocycles. The van der Waals surface area contributed by atoms with Crippen LogP contribution in [-0.4, -0.2) is 61.2 Å². The first kappa shape index (κ1) is 23.2. The van der Waals surface area contributed by atoms with E-state index in [1.807, 2.05) is 12.1 Å². The Bertz CT molecular complexity index is 608. The third-order valence-corrected chi connectivity index (χ3v) is 5.56. The van der Waals surface area contributed by atoms with Gasteiger partial charge in [-0.2, -0.15) is 0 Å². The minimum atomic E-state index is -0.487. The summed E-state index contributed by atoms with van der Waals surface area (Å²) in [7, 11) is 2.20. The molecule has 2 rings (SSSR count). The highest BCUT2D eigenvalue weighted by molar-refractivity contribution is 5.31. The van der Waals surface area contributed by atoms with Crippen molar-refractivity contribution in [2.45, 2.75) is 78.6 Å². The molecule has 1 fully saturated rings. The molecule has 0 amide bonds. The highest BCUT2D eigenvalue weighted by Gasteiger charge is 2.35. The Balaban J connectivity index is 1.89. The Morgan fingerprint density at radius 1 is 1.07 bits per heavy atom. The van der Waals surface area contributed by atoms with Gasteiger partial charge in [-0.15, -0.1) is 0 Å². The Labute approximate surface area is 172 Å². The van der Waals surface area contributed by atoms with Crippen LogP contribution in [0.15, 0.2) is 24.3 Å². The van der Waals surface area contributed by atoms with Gasteiger partial charge in [-0.05, 0) is 48.8 Å². The molecule has 0 aromatic heterocycles. The maximum atomic E-state index is 10.5. The van der Waals surface area contributed by atoms with E-state index in [0.717, 1.165) is 29.7 Å². The van der Waals surface area contributed by atoms with E-state index < -0.39 is 6.10 Å². The number of likely N-dealkylation sites (N-methyl/N-ethyl adjacent to an activating group) is 1. The van der Waals surface area contributed by atoms with Crippen LogP contribution in [-0.2, 0) is 10.2 Å². The lowest BCUT2D eigenvalue weighted by Gasteiger charge is -2.43. The molecule has 0 bridgehead atoms. The average Bonchev–Trinajstić information content (AvgIpc) is 2.49. The fourth-order valence-corrected chi connectivity index (χ4v) is 5.13. The molecule has 1 aromatic rings. The molecule has 1 aliphatic heterocycles. The smallest absolute Gasteiger partial charge is 0.137 e. The number of aliphatic hydroxyl groups excluding tert-OH is 1. The Kier molecular flexibility index (Phi) is 7.22. The second-order valence-corrected chi connectivity index (χ2v) is 11.0. The zero-order valence-electron chi connectivity index (χ0n) is 19.3. The number of hydrogen-bond donors (Lipinski definition) is 1. The second kappa shape index (κ2) is 8.73. The summed E-state index contributed by atoms with van der Waals surface area (Å²) in [5.41, 5.74) is 1.74. The first-order valence-corrected chi connectivity index (χ1v) is 10.7. The number of ether oxygens (including phenoxy) is 2. The topological polar surface area (TPSA) is 38.7 Å². The maximum absolute atomic E-state index is 10.5. The molecule has 1 saturated heterocycles. The van der Waals surface area contributed by atoms with E-state index in [2.05, 4.69) is 67.6 Å². The number of quaternary nitrogens is 1. The van der Waals surface area contributed by atoms with Crippen LogP contribution < -0.4 is 4.74 Å². The largest absolute Gasteiger partial charge is 0.491 e. The molecule has 0 saturated carbocycles. The number of nitrogens with zero attached hydrogens (tertiary/aromatic N) is 1. The second-order valence-electron chi connectivity index (χ2n) is 11.0. The SMILES string of the molecule is C[C@@H]1C[N+](C)(C[C@@H](O)COc2ccc(C(C)(C)CC(C)(C)C)cc2)C[C@@H](C)O1. The van der Waals surface area contributed by atoms with Crippen molar-refractivity contribution in [3.63, 3.8) is 0 Å². The quantitative estimate of drug-likeness (QED) is 0.699. The molecule has 4 nitrogen and oxygen atoms in total. The van der Waals surface area contributed by atoms with Gasteiger partial charge < -0.3 is 19.1 Å². The summed E-state index contributed by atoms with van der Waals surface area (Å²) in [6.07, 6.45) is 1.09. The first-order chi connectivity index (χ1) is 12.8. The molecule has 4 heteroatoms. The van der Waals surface area contributed by atoms with Gasteiger partial charge in [0.25, 0.3) is 0 Å². The molecule has 0 spiro atoms. The van der Waals surface area contributed by atoms with Gasteiger partial charge in [0.2, 0.25) is 0 Å². The number of benzene rings is 1. The molecule has 160 valence electrons. The molecule has 0 aliphatic carbocycles. The molecular weight excluding hydrogens is 350 g/mol. The molecule has 0 radical (unpaired) electrons. The van der Waals surface area contributed by atoms with Crippen molar-refractivity contribution in [1.29, 1.82) is 0 Å². The maximum Gasteiger partial charge on any atom is 0.137 e. The van der Waals surface area contributed by atoms with Crippen molar-refractivity contribution >= 4 is 0 Å². The summed E-state index contributed by atoms with van der Waals surface area (Å²) < 4.78 is 12.5. The van der Waals surface area contributed by atoms with Crippen molar-refractivity contribution in [2.24, 2.45) is 5.41 Å². The van der Waals surface area contributed by atoms with Gasteiger partial charge in [0.05, 0.1) is 7.05 Å². The monoisotopic (exact) mass is 392 g/mol. The summed E-state index contributed by atoms with van der Waals surface area (Å²) in [4.78, 5) is 0. The molecule has 1 N–H and O–H groups in total. The standard InChI is InChI=1S/C24H42NO3/c1-18-13-25(8,14-19(2)28-18)15-21(26)16-27-22-11-9-20(10-12-22)24(6,7)17-23(3,4)5/h9-12,18-19,21,26H,13-17H2,1-8H3/q+1/t18-,19-,21-/m1/s1. The minimum absolute atomic E-state index is 0.124. The molecule has 1 aliphatic rings. The lowest BCUT2D eigenvalue weighted by Crippen LogP contribution is -2.60. The van der Waals surface area contributed by atoms with Crippen LogP contribution in [0.1, 0.15) is 60.5 Å². The van der Waals surface area contributed by atoms with Crippen molar-refractivity contribution < 1.29 is 19.1 Å². The fraction of sp³-hybridized carbons (Fsp3) is 0.750. The van der Waals surface area contributed by atoms with Gasteiger partial charge in [0.15, 0.2) is 0 Å². The van der Waals surface area contributed by atoms with E-state index >= 15 is 0 Å². The lowest BCUT2D eigenvalue weighted by atomic mass is 9.72. The van der Waals surface area contributed by atoms with E-state index in [0.29, 0.717) is 13.2 Å². The highest BCUT2D eigenvalue weighted by Crippen LogP contribution is 2.36. The predicted octanol–water partition coefficient (Wildman–Crippen LogP) is 4.39. The van der Waals surface area contributed by atoms with Crippen LogP contribution >= 0.6 is 0 Å². The number of morpholine rings is 1. The number of hydrogen-bond acceptors (Lipinski definition) is 3. The first-order valence-electron chi connectivity index (χ1n) is 10.7. The van der Waals surface area contributed by atoms with Crippen LogP contribution in [0.2, 0.25) is 0 Å². The molecular formula is C24H42NO3+. The van der Waals surface area contributed by atoms with Gasteiger partial charge >= 0.3 is 0 Å². The summed E-state index contributed by atoms with van der Waals surface area (Å²) in [5.74, 6) is 0.820. The highest BCUT2D eigenvalue weighted by atomic mass is 16.5. The van der Waals surface area contributed by atoms with E-state index in [9.17, 15) is 5.11 Å². The van der Waals surface area contributed by atoms with Crippen LogP contribution in [0.3, 0.4) is 0 Å². The zero-order valence-corrected chi connectivity index (χ0v) is 19.3. The summed E-state index contributed by atoms with van der Waals surface area (Å²) >= 11 is 0. The molecule has 0 unspecified atom stereocenters. The van der Waals surface area contributed by atoms with Gasteiger partial charge in [0.1, 0.15) is 50.3 Å². The third-order valence-electron chi connectivity index (χ3n) is 5.56. The number of aliphatic hydroxyl groups is 1. The Hall–Kier alpha value is -1.10. The lowest BCUT2D eigenvalue weighted by molar-refractivity contribution is -0.926. The predicted molar refractivity (Wildman–Crippen MR) is 116 cm³/mol. The van der Waals surface area contributed by atoms with E-state index in [-0.39, 0.29) is 23.0 Å². The van der Waals surface area contributed by atoms with Gasteiger partial charge in [0, 0.05) is 0 Å². The zero-order chi connectivity index (χ0) is 21.2. The Morgan fingerprint density at radius 3 is 2.11 bits per heavy atom. The van der Waals surface area contributed by atoms with Gasteiger partial charge in [-0.25, -0.2) is 0 Å². The fourth-order valence-electron chi connectivity index (χ4n) is 5.13. The van der Waals surface area contributed by atoms with E-state index in [1.165, 1.54) is 5.56 Å². The van der Waals surface area contributed by atoms with E-state index in [4.69, 9.17) is 9.47 Å². The molecule has 3 atom stereocenters.